The number of furan rings is 1. The van der Waals surface area contributed by atoms with E-state index in [9.17, 15) is 33.9 Å². The van der Waals surface area contributed by atoms with E-state index in [0.717, 1.165) is 4.88 Å². The summed E-state index contributed by atoms with van der Waals surface area (Å²) in [7, 11) is 0. The number of halogens is 1. The van der Waals surface area contributed by atoms with Gasteiger partial charge in [-0.1, -0.05) is 38.1 Å². The second kappa shape index (κ2) is 14.5. The molecule has 3 amide bonds. The molecule has 1 aliphatic heterocycles. The zero-order chi connectivity index (χ0) is 38.3. The van der Waals surface area contributed by atoms with Crippen LogP contribution in [0.25, 0.3) is 32.9 Å². The van der Waals surface area contributed by atoms with Crippen LogP contribution in [0.1, 0.15) is 37.2 Å². The predicted octanol–water partition coefficient (Wildman–Crippen LogP) is 5.81. The Hall–Kier alpha value is -5.93. The van der Waals surface area contributed by atoms with Gasteiger partial charge in [-0.2, -0.15) is 0 Å². The number of amides is 3. The third kappa shape index (κ3) is 6.83. The van der Waals surface area contributed by atoms with E-state index < -0.39 is 65.1 Å². The van der Waals surface area contributed by atoms with E-state index >= 15 is 0 Å². The van der Waals surface area contributed by atoms with Crippen LogP contribution in [-0.4, -0.2) is 84.2 Å². The minimum absolute atomic E-state index is 0.0617. The van der Waals surface area contributed by atoms with E-state index in [1.54, 1.807) is 19.9 Å². The van der Waals surface area contributed by atoms with Gasteiger partial charge in [0.15, 0.2) is 5.76 Å². The summed E-state index contributed by atoms with van der Waals surface area (Å²) in [5, 5.41) is 26.2. The molecule has 54 heavy (non-hydrogen) atoms. The maximum Gasteiger partial charge on any atom is 0.330 e. The van der Waals surface area contributed by atoms with Gasteiger partial charge in [0.25, 0.3) is 0 Å². The maximum atomic E-state index is 14.5. The lowest BCUT2D eigenvalue weighted by molar-refractivity contribution is -0.159. The molecule has 2 aromatic carbocycles. The van der Waals surface area contributed by atoms with Crippen molar-refractivity contribution < 1.29 is 43.0 Å². The predicted molar refractivity (Wildman–Crippen MR) is 195 cm³/mol. The Kier molecular flexibility index (Phi) is 9.77. The molecule has 4 heterocycles. The Labute approximate surface area is 312 Å². The van der Waals surface area contributed by atoms with E-state index in [4.69, 9.17) is 19.1 Å². The molecule has 3 aromatic heterocycles. The topological polar surface area (TPSA) is 175 Å². The Bertz CT molecular complexity index is 2240. The van der Waals surface area contributed by atoms with Crippen LogP contribution in [-0.2, 0) is 14.4 Å². The number of carboxylic acids is 1. The highest BCUT2D eigenvalue weighted by atomic mass is 32.1. The van der Waals surface area contributed by atoms with Crippen LogP contribution in [0.3, 0.4) is 0 Å². The molecule has 0 bridgehead atoms. The number of thiophene rings is 1. The zero-order valence-corrected chi connectivity index (χ0v) is 30.0. The first-order chi connectivity index (χ1) is 25.9. The summed E-state index contributed by atoms with van der Waals surface area (Å²) >= 11 is 1.43. The van der Waals surface area contributed by atoms with Crippen molar-refractivity contribution in [2.75, 3.05) is 6.54 Å². The molecule has 5 aromatic rings. The number of fused-ring (bicyclic) bond motifs is 1. The average Bonchev–Trinajstić information content (AvgIpc) is 3.62. The number of likely N-dealkylation sites (tertiary alicyclic amines) is 1. The molecule has 0 spiro atoms. The molecule has 2 aliphatic rings. The molecule has 5 atom stereocenters. The minimum atomic E-state index is -1.58. The Morgan fingerprint density at radius 2 is 1.80 bits per heavy atom. The third-order valence-corrected chi connectivity index (χ3v) is 10.6. The highest BCUT2D eigenvalue weighted by Gasteiger charge is 2.61. The number of ether oxygens (including phenoxy) is 1. The fourth-order valence-electron chi connectivity index (χ4n) is 6.79. The lowest BCUT2D eigenvalue weighted by Crippen LogP contribution is -2.57. The number of carbonyl (C=O) groups is 4. The summed E-state index contributed by atoms with van der Waals surface area (Å²) in [4.78, 5) is 65.9. The average molecular weight is 754 g/mol. The molecule has 2 fully saturated rings. The van der Waals surface area contributed by atoms with Gasteiger partial charge in [0, 0.05) is 17.9 Å². The van der Waals surface area contributed by atoms with Crippen LogP contribution in [0.15, 0.2) is 95.2 Å². The van der Waals surface area contributed by atoms with Crippen LogP contribution in [0.4, 0.5) is 4.39 Å². The molecule has 1 saturated carbocycles. The van der Waals surface area contributed by atoms with Gasteiger partial charge in [0.2, 0.25) is 17.7 Å². The van der Waals surface area contributed by atoms with Crippen molar-refractivity contribution in [2.45, 2.75) is 50.4 Å². The van der Waals surface area contributed by atoms with Gasteiger partial charge in [-0.3, -0.25) is 19.6 Å². The van der Waals surface area contributed by atoms with Gasteiger partial charge in [0.1, 0.15) is 41.0 Å². The Morgan fingerprint density at radius 1 is 1.07 bits per heavy atom. The molecular formula is C39H36FN5O8S. The van der Waals surface area contributed by atoms with Crippen molar-refractivity contribution in [2.24, 2.45) is 11.8 Å². The number of aliphatic carboxylic acids is 1. The lowest BCUT2D eigenvalue weighted by Gasteiger charge is -2.33. The van der Waals surface area contributed by atoms with Gasteiger partial charge in [-0.25, -0.2) is 24.2 Å². The molecule has 1 saturated heterocycles. The highest BCUT2D eigenvalue weighted by Crippen LogP contribution is 2.45. The van der Waals surface area contributed by atoms with Crippen LogP contribution in [0.5, 0.6) is 5.88 Å². The van der Waals surface area contributed by atoms with Crippen molar-refractivity contribution in [3.63, 3.8) is 0 Å². The van der Waals surface area contributed by atoms with Crippen molar-refractivity contribution in [3.05, 3.63) is 102 Å². The first-order valence-corrected chi connectivity index (χ1v) is 18.1. The van der Waals surface area contributed by atoms with E-state index in [1.165, 1.54) is 58.7 Å². The number of aromatic nitrogens is 2. The van der Waals surface area contributed by atoms with Crippen molar-refractivity contribution >= 4 is 46.1 Å². The number of nitrogens with zero attached hydrogens (tertiary/aromatic N) is 4. The molecule has 2 unspecified atom stereocenters. The number of carbonyl (C=O) groups excluding carboxylic acids is 3. The normalized spacial score (nSPS) is 21.1. The summed E-state index contributed by atoms with van der Waals surface area (Å²) < 4.78 is 25.6. The second-order valence-corrected chi connectivity index (χ2v) is 14.6. The first-order valence-electron chi connectivity index (χ1n) is 17.2. The minimum Gasteiger partial charge on any atom is -0.479 e. The summed E-state index contributed by atoms with van der Waals surface area (Å²) in [5.41, 5.74) is 0.579. The van der Waals surface area contributed by atoms with Crippen molar-refractivity contribution in [3.8, 4) is 27.8 Å². The quantitative estimate of drug-likeness (QED) is 0.0802. The van der Waals surface area contributed by atoms with Crippen LogP contribution in [0.2, 0.25) is 0 Å². The number of carboxylic acid groups (broad SMARTS) is 1. The van der Waals surface area contributed by atoms with Crippen molar-refractivity contribution in [1.29, 1.82) is 0 Å². The molecule has 278 valence electrons. The SMILES string of the molecule is C=C[C@@H]1CC1(NC(=O)[C@@H]1C[C@@H](Oc2nc3ccccc3nc2-c2cccs2)CN1C(=O)C(C(C)C)N(O)C(=O)c1ccc(-c2ccc(F)cc2)o1)C(=O)O. The Morgan fingerprint density at radius 3 is 2.43 bits per heavy atom. The van der Waals surface area contributed by atoms with Crippen LogP contribution in [0, 0.1) is 17.7 Å². The molecule has 1 aliphatic carbocycles. The lowest BCUT2D eigenvalue weighted by atomic mass is 10.0. The molecule has 7 rings (SSSR count). The fraction of sp³-hybridized carbons (Fsp3) is 0.282. The first kappa shape index (κ1) is 36.4. The summed E-state index contributed by atoms with van der Waals surface area (Å²) in [5.74, 6) is -5.27. The van der Waals surface area contributed by atoms with E-state index in [1.807, 2.05) is 35.7 Å². The molecule has 13 nitrogen and oxygen atoms in total. The number of hydroxylamine groups is 2. The van der Waals surface area contributed by atoms with Gasteiger partial charge in [-0.05, 0) is 72.3 Å². The van der Waals surface area contributed by atoms with Crippen LogP contribution < -0.4 is 10.1 Å². The second-order valence-electron chi connectivity index (χ2n) is 13.6. The standard InChI is InChI=1S/C39H36FN5O8S/c1-4-23-19-39(23,38(49)50)43-34(46)28-18-25(52-35-32(31-10-7-17-54-31)41-26-8-5-6-9-27(26)42-35)20-44(28)37(48)33(21(2)3)45(51)36(47)30-16-15-29(53-30)22-11-13-24(40)14-12-22/h4-17,21,23,25,28,33,51H,1,18-20H2,2-3H3,(H,43,46)(H,49,50)/t23-,25-,28+,33?,39?/m1/s1. The summed E-state index contributed by atoms with van der Waals surface area (Å²) in [6.45, 7) is 6.77. The number of nitrogens with one attached hydrogen (secondary N) is 1. The largest absolute Gasteiger partial charge is 0.479 e. The third-order valence-electron chi connectivity index (χ3n) is 9.75. The van der Waals surface area contributed by atoms with Gasteiger partial charge < -0.3 is 24.5 Å². The van der Waals surface area contributed by atoms with E-state index in [0.29, 0.717) is 22.3 Å². The monoisotopic (exact) mass is 753 g/mol. The number of hydrogen-bond donors (Lipinski definition) is 3. The van der Waals surface area contributed by atoms with E-state index in [2.05, 4.69) is 11.9 Å². The van der Waals surface area contributed by atoms with Gasteiger partial charge >= 0.3 is 11.9 Å². The Balaban J connectivity index is 1.19. The van der Waals surface area contributed by atoms with Gasteiger partial charge in [0.05, 0.1) is 22.5 Å². The zero-order valence-electron chi connectivity index (χ0n) is 29.2. The number of hydrogen-bond acceptors (Lipinski definition) is 10. The van der Waals surface area contributed by atoms with E-state index in [-0.39, 0.29) is 41.9 Å². The fourth-order valence-corrected chi connectivity index (χ4v) is 7.50. The maximum absolute atomic E-state index is 14.5. The smallest absolute Gasteiger partial charge is 0.330 e. The number of benzene rings is 2. The number of rotatable bonds is 12. The van der Waals surface area contributed by atoms with Crippen molar-refractivity contribution in [1.82, 2.24) is 25.2 Å². The molecule has 15 heteroatoms. The molecule has 0 radical (unpaired) electrons. The number of para-hydroxylation sites is 2. The van der Waals surface area contributed by atoms with Gasteiger partial charge in [-0.15, -0.1) is 17.9 Å². The molecule has 3 N–H and O–H groups in total. The summed E-state index contributed by atoms with van der Waals surface area (Å²) in [6.07, 6.45) is 0.704. The molecular weight excluding hydrogens is 718 g/mol. The highest BCUT2D eigenvalue weighted by molar-refractivity contribution is 7.13. The summed E-state index contributed by atoms with van der Waals surface area (Å²) in [6, 6.07) is 16.5. The van der Waals surface area contributed by atoms with Crippen LogP contribution >= 0.6 is 11.3 Å².